The second-order valence-electron chi connectivity index (χ2n) is 2.14. The molecule has 4 heteroatoms. The van der Waals surface area contributed by atoms with E-state index in [0.717, 1.165) is 5.82 Å². The summed E-state index contributed by atoms with van der Waals surface area (Å²) in [6, 6.07) is 0. The molecule has 1 heterocycles. The first-order valence-corrected chi connectivity index (χ1v) is 3.49. The van der Waals surface area contributed by atoms with E-state index in [-0.39, 0.29) is 0 Å². The second kappa shape index (κ2) is 4.19. The summed E-state index contributed by atoms with van der Waals surface area (Å²) >= 11 is 0. The van der Waals surface area contributed by atoms with Gasteiger partial charge < -0.3 is 10.1 Å². The molecule has 0 aliphatic carbocycles. The van der Waals surface area contributed by atoms with Gasteiger partial charge in [-0.15, -0.1) is 0 Å². The van der Waals surface area contributed by atoms with Gasteiger partial charge in [0.2, 0.25) is 0 Å². The van der Waals surface area contributed by atoms with Gasteiger partial charge >= 0.3 is 5.97 Å². The summed E-state index contributed by atoms with van der Waals surface area (Å²) in [4.78, 5) is 16.8. The van der Waals surface area contributed by atoms with Crippen molar-refractivity contribution in [1.29, 1.82) is 0 Å². The van der Waals surface area contributed by atoms with Crippen molar-refractivity contribution in [3.8, 4) is 11.8 Å². The van der Waals surface area contributed by atoms with Crippen LogP contribution in [0, 0.1) is 11.8 Å². The van der Waals surface area contributed by atoms with Crippen molar-refractivity contribution >= 4 is 5.97 Å². The lowest BCUT2D eigenvalue weighted by Crippen LogP contribution is -1.89. The topological polar surface area (TPSA) is 66.0 Å². The van der Waals surface area contributed by atoms with Gasteiger partial charge in [0, 0.05) is 31.2 Å². The average Bonchev–Trinajstić information content (AvgIpc) is 2.49. The van der Waals surface area contributed by atoms with Crippen LogP contribution in [0.4, 0.5) is 0 Å². The molecule has 0 aromatic carbocycles. The molecule has 12 heavy (non-hydrogen) atoms. The fourth-order valence-electron chi connectivity index (χ4n) is 0.754. The highest BCUT2D eigenvalue weighted by Crippen LogP contribution is 1.92. The maximum Gasteiger partial charge on any atom is 0.381 e. The number of aromatic nitrogens is 2. The van der Waals surface area contributed by atoms with Crippen LogP contribution >= 0.6 is 0 Å². The number of aryl methyl sites for hydroxylation is 1. The van der Waals surface area contributed by atoms with Crippen molar-refractivity contribution in [2.75, 3.05) is 0 Å². The van der Waals surface area contributed by atoms with Gasteiger partial charge in [0.1, 0.15) is 5.82 Å². The highest BCUT2D eigenvalue weighted by Gasteiger charge is 1.91. The molecule has 0 spiro atoms. The normalized spacial score (nSPS) is 8.67. The molecule has 1 rings (SSSR count). The molecule has 0 bridgehead atoms. The minimum absolute atomic E-state index is 0.514. The van der Waals surface area contributed by atoms with Gasteiger partial charge in [0.05, 0.1) is 0 Å². The lowest BCUT2D eigenvalue weighted by atomic mass is 10.3. The summed E-state index contributed by atoms with van der Waals surface area (Å²) in [6.45, 7) is 0. The van der Waals surface area contributed by atoms with E-state index in [9.17, 15) is 4.79 Å². The molecule has 0 aliphatic rings. The number of aromatic amines is 1. The molecule has 0 atom stereocenters. The third-order valence-corrected chi connectivity index (χ3v) is 1.24. The molecule has 0 amide bonds. The Balaban J connectivity index is 2.29. The summed E-state index contributed by atoms with van der Waals surface area (Å²) in [6.07, 6.45) is 4.55. The maximum atomic E-state index is 9.96. The predicted octanol–water partition coefficient (Wildman–Crippen LogP) is 0.430. The second-order valence-corrected chi connectivity index (χ2v) is 2.14. The number of nitrogens with one attached hydrogen (secondary N) is 1. The zero-order valence-corrected chi connectivity index (χ0v) is 6.37. The maximum absolute atomic E-state index is 9.96. The minimum atomic E-state index is -1.09. The number of nitrogens with zero attached hydrogens (tertiary/aromatic N) is 1. The number of H-pyrrole nitrogens is 1. The molecule has 0 radical (unpaired) electrons. The number of carboxylic acid groups (broad SMARTS) is 1. The van der Waals surface area contributed by atoms with E-state index in [4.69, 9.17) is 5.11 Å². The first-order chi connectivity index (χ1) is 5.79. The number of hydrogen-bond acceptors (Lipinski definition) is 2. The molecular weight excluding hydrogens is 156 g/mol. The van der Waals surface area contributed by atoms with E-state index in [1.165, 1.54) is 0 Å². The molecule has 2 N–H and O–H groups in total. The number of hydrogen-bond donors (Lipinski definition) is 2. The van der Waals surface area contributed by atoms with E-state index in [0.29, 0.717) is 12.8 Å². The largest absolute Gasteiger partial charge is 0.472 e. The zero-order valence-electron chi connectivity index (χ0n) is 6.37. The van der Waals surface area contributed by atoms with Gasteiger partial charge in [0.25, 0.3) is 0 Å². The lowest BCUT2D eigenvalue weighted by Gasteiger charge is -1.86. The Hall–Kier alpha value is -1.76. The van der Waals surface area contributed by atoms with Crippen LogP contribution in [0.25, 0.3) is 0 Å². The van der Waals surface area contributed by atoms with Gasteiger partial charge in [-0.3, -0.25) is 0 Å². The summed E-state index contributed by atoms with van der Waals surface area (Å²) in [5.41, 5.74) is 0. The zero-order chi connectivity index (χ0) is 8.81. The number of aliphatic carboxylic acids is 1. The Morgan fingerprint density at radius 2 is 2.58 bits per heavy atom. The van der Waals surface area contributed by atoms with Crippen LogP contribution < -0.4 is 0 Å². The van der Waals surface area contributed by atoms with E-state index in [1.54, 1.807) is 12.4 Å². The van der Waals surface area contributed by atoms with Crippen LogP contribution in [0.1, 0.15) is 12.2 Å². The summed E-state index contributed by atoms with van der Waals surface area (Å²) in [5.74, 6) is 4.29. The lowest BCUT2D eigenvalue weighted by molar-refractivity contribution is -0.130. The summed E-state index contributed by atoms with van der Waals surface area (Å²) in [5, 5.41) is 8.17. The van der Waals surface area contributed by atoms with Crippen molar-refractivity contribution in [3.63, 3.8) is 0 Å². The molecule has 4 nitrogen and oxygen atoms in total. The standard InChI is InChI=1S/C8H8N2O2/c11-8(12)4-2-1-3-7-9-5-6-10-7/h5-6H,1,3H2,(H,9,10)(H,11,12). The number of rotatable bonds is 2. The van der Waals surface area contributed by atoms with Crippen molar-refractivity contribution < 1.29 is 9.90 Å². The highest BCUT2D eigenvalue weighted by atomic mass is 16.4. The van der Waals surface area contributed by atoms with Crippen LogP contribution in [-0.2, 0) is 11.2 Å². The average molecular weight is 164 g/mol. The number of carbonyl (C=O) groups is 1. The van der Waals surface area contributed by atoms with Crippen LogP contribution in [0.2, 0.25) is 0 Å². The van der Waals surface area contributed by atoms with Crippen LogP contribution in [0.15, 0.2) is 12.4 Å². The predicted molar refractivity (Wildman–Crippen MR) is 42.3 cm³/mol. The van der Waals surface area contributed by atoms with Crippen LogP contribution in [0.5, 0.6) is 0 Å². The third-order valence-electron chi connectivity index (χ3n) is 1.24. The Kier molecular flexibility index (Phi) is 2.91. The Morgan fingerprint density at radius 1 is 1.75 bits per heavy atom. The first kappa shape index (κ1) is 8.34. The van der Waals surface area contributed by atoms with E-state index in [1.807, 2.05) is 5.92 Å². The smallest absolute Gasteiger partial charge is 0.381 e. The van der Waals surface area contributed by atoms with Gasteiger partial charge in [-0.05, 0) is 0 Å². The van der Waals surface area contributed by atoms with Gasteiger partial charge in [-0.1, -0.05) is 5.92 Å². The molecule has 0 aliphatic heterocycles. The van der Waals surface area contributed by atoms with E-state index >= 15 is 0 Å². The van der Waals surface area contributed by atoms with Crippen molar-refractivity contribution in [2.24, 2.45) is 0 Å². The monoisotopic (exact) mass is 164 g/mol. The molecule has 1 aromatic heterocycles. The Labute approximate surface area is 69.6 Å². The Morgan fingerprint density at radius 3 is 3.17 bits per heavy atom. The van der Waals surface area contributed by atoms with Gasteiger partial charge in [0.15, 0.2) is 0 Å². The number of imidazole rings is 1. The fourth-order valence-corrected chi connectivity index (χ4v) is 0.754. The molecule has 0 saturated carbocycles. The summed E-state index contributed by atoms with van der Waals surface area (Å²) in [7, 11) is 0. The fraction of sp³-hybridized carbons (Fsp3) is 0.250. The third kappa shape index (κ3) is 2.88. The number of carboxylic acids is 1. The quantitative estimate of drug-likeness (QED) is 0.623. The molecule has 0 unspecified atom stereocenters. The van der Waals surface area contributed by atoms with Crippen molar-refractivity contribution in [3.05, 3.63) is 18.2 Å². The van der Waals surface area contributed by atoms with Crippen molar-refractivity contribution in [2.45, 2.75) is 12.8 Å². The summed E-state index contributed by atoms with van der Waals surface area (Å²) < 4.78 is 0. The van der Waals surface area contributed by atoms with E-state index < -0.39 is 5.97 Å². The van der Waals surface area contributed by atoms with Gasteiger partial charge in [-0.2, -0.15) is 0 Å². The van der Waals surface area contributed by atoms with Gasteiger partial charge in [-0.25, -0.2) is 9.78 Å². The van der Waals surface area contributed by atoms with Crippen LogP contribution in [0.3, 0.4) is 0 Å². The SMILES string of the molecule is O=C(O)C#CCCc1ncc[nH]1. The van der Waals surface area contributed by atoms with E-state index in [2.05, 4.69) is 15.9 Å². The molecule has 0 saturated heterocycles. The molecular formula is C8H8N2O2. The Bertz CT molecular complexity index is 306. The van der Waals surface area contributed by atoms with Crippen LogP contribution in [-0.4, -0.2) is 21.0 Å². The molecule has 1 aromatic rings. The first-order valence-electron chi connectivity index (χ1n) is 3.49. The minimum Gasteiger partial charge on any atom is -0.472 e. The molecule has 0 fully saturated rings. The molecule has 62 valence electrons. The highest BCUT2D eigenvalue weighted by molar-refractivity contribution is 5.86. The van der Waals surface area contributed by atoms with Crippen molar-refractivity contribution in [1.82, 2.24) is 9.97 Å².